The topological polar surface area (TPSA) is 88.9 Å². The number of imidazole rings is 1. The molecule has 0 radical (unpaired) electrons. The predicted octanol–water partition coefficient (Wildman–Crippen LogP) is 6.44. The van der Waals surface area contributed by atoms with Crippen LogP contribution in [0.2, 0.25) is 0 Å². The smallest absolute Gasteiger partial charge is 0.279 e. The summed E-state index contributed by atoms with van der Waals surface area (Å²) in [7, 11) is -0.478. The lowest BCUT2D eigenvalue weighted by atomic mass is 10.1. The highest BCUT2D eigenvalue weighted by molar-refractivity contribution is 7.87. The number of nitrogens with zero attached hydrogens (tertiary/aromatic N) is 4. The molecule has 0 saturated heterocycles. The highest BCUT2D eigenvalue weighted by Crippen LogP contribution is 2.34. The van der Waals surface area contributed by atoms with E-state index in [0.29, 0.717) is 0 Å². The molecule has 0 amide bonds. The third-order valence-corrected chi connectivity index (χ3v) is 9.52. The van der Waals surface area contributed by atoms with Crippen LogP contribution >= 0.6 is 0 Å². The van der Waals surface area contributed by atoms with E-state index in [4.69, 9.17) is 14.5 Å². The lowest BCUT2D eigenvalue weighted by Crippen LogP contribution is -2.35. The van der Waals surface area contributed by atoms with Crippen LogP contribution in [-0.4, -0.2) is 54.6 Å². The molecule has 0 aliphatic carbocycles. The van der Waals surface area contributed by atoms with Gasteiger partial charge in [-0.3, -0.25) is 4.90 Å². The molecule has 2 heterocycles. The van der Waals surface area contributed by atoms with Crippen molar-refractivity contribution in [2.75, 3.05) is 27.4 Å². The van der Waals surface area contributed by atoms with Gasteiger partial charge in [0, 0.05) is 51.4 Å². The number of aromatic nitrogens is 2. The summed E-state index contributed by atoms with van der Waals surface area (Å²) in [4.78, 5) is 7.81. The van der Waals surface area contributed by atoms with Crippen molar-refractivity contribution < 1.29 is 17.9 Å². The van der Waals surface area contributed by atoms with Crippen LogP contribution in [0, 0.1) is 0 Å². The Labute approximate surface area is 268 Å². The molecular formula is C35H45N5O4S. The molecule has 3 aromatic carbocycles. The lowest BCUT2D eigenvalue weighted by Gasteiger charge is -2.24. The monoisotopic (exact) mass is 631 g/mol. The molecule has 45 heavy (non-hydrogen) atoms. The van der Waals surface area contributed by atoms with E-state index in [1.165, 1.54) is 29.7 Å². The van der Waals surface area contributed by atoms with Crippen LogP contribution in [-0.2, 0) is 36.4 Å². The van der Waals surface area contributed by atoms with E-state index in [-0.39, 0.29) is 13.3 Å². The Morgan fingerprint density at radius 2 is 1.56 bits per heavy atom. The quantitative estimate of drug-likeness (QED) is 0.153. The van der Waals surface area contributed by atoms with Crippen LogP contribution in [0.5, 0.6) is 11.5 Å². The maximum atomic E-state index is 12.2. The molecular weight excluding hydrogens is 586 g/mol. The fraction of sp³-hybridized carbons (Fsp3) is 0.400. The second-order valence-corrected chi connectivity index (χ2v) is 13.6. The van der Waals surface area contributed by atoms with E-state index in [9.17, 15) is 8.42 Å². The van der Waals surface area contributed by atoms with Crippen LogP contribution in [0.1, 0.15) is 56.4 Å². The molecule has 5 rings (SSSR count). The zero-order valence-electron chi connectivity index (χ0n) is 26.8. The van der Waals surface area contributed by atoms with Gasteiger partial charge in [0.1, 0.15) is 5.82 Å². The van der Waals surface area contributed by atoms with Crippen LogP contribution in [0.3, 0.4) is 0 Å². The average molecular weight is 632 g/mol. The summed E-state index contributed by atoms with van der Waals surface area (Å²) < 4.78 is 41.9. The maximum Gasteiger partial charge on any atom is 0.279 e. The van der Waals surface area contributed by atoms with Crippen LogP contribution in [0.15, 0.2) is 72.8 Å². The Bertz CT molecular complexity index is 1650. The summed E-state index contributed by atoms with van der Waals surface area (Å²) in [6, 6.07) is 24.7. The Morgan fingerprint density at radius 3 is 2.27 bits per heavy atom. The van der Waals surface area contributed by atoms with Crippen molar-refractivity contribution in [1.82, 2.24) is 23.5 Å². The SMILES string of the molecule is CCCCN(Cc1ccc2c(c1)OCO2)Cc1c(-c2ccc(CNS(=O)(=O)N(C)C)cc2)nc(-c2ccccc2)n1CCCC. The highest BCUT2D eigenvalue weighted by Gasteiger charge is 2.23. The summed E-state index contributed by atoms with van der Waals surface area (Å²) in [5.41, 5.74) is 6.30. The number of ether oxygens (including phenoxy) is 2. The Hall–Kier alpha value is -3.70. The van der Waals surface area contributed by atoms with Gasteiger partial charge in [0.25, 0.3) is 10.2 Å². The lowest BCUT2D eigenvalue weighted by molar-refractivity contribution is 0.174. The summed E-state index contributed by atoms with van der Waals surface area (Å²) in [6.07, 6.45) is 4.32. The Balaban J connectivity index is 1.52. The molecule has 0 bridgehead atoms. The van der Waals surface area contributed by atoms with Gasteiger partial charge < -0.3 is 14.0 Å². The fourth-order valence-corrected chi connectivity index (χ4v) is 6.04. The molecule has 4 aromatic rings. The standard InChI is InChI=1S/C35H45N5O4S/c1-5-7-20-39(24-28-16-19-32-33(22-28)44-26-43-32)25-31-34(29-17-14-27(15-18-29)23-36-45(41,42)38(3)4)37-35(40(31)21-8-6-2)30-12-10-9-11-13-30/h9-19,22,36H,5-8,20-21,23-26H2,1-4H3. The third-order valence-electron chi connectivity index (χ3n) is 8.05. The van der Waals surface area contributed by atoms with Crippen LogP contribution in [0.25, 0.3) is 22.6 Å². The van der Waals surface area contributed by atoms with Gasteiger partial charge in [0.15, 0.2) is 11.5 Å². The number of nitrogens with one attached hydrogen (secondary N) is 1. The van der Waals surface area contributed by atoms with Crippen molar-refractivity contribution in [3.8, 4) is 34.1 Å². The molecule has 240 valence electrons. The molecule has 0 saturated carbocycles. The van der Waals surface area contributed by atoms with Gasteiger partial charge in [-0.05, 0) is 42.6 Å². The van der Waals surface area contributed by atoms with Crippen molar-refractivity contribution in [2.45, 2.75) is 65.7 Å². The summed E-state index contributed by atoms with van der Waals surface area (Å²) in [5, 5.41) is 0. The van der Waals surface area contributed by atoms with Crippen LogP contribution < -0.4 is 14.2 Å². The van der Waals surface area contributed by atoms with Gasteiger partial charge in [0.2, 0.25) is 6.79 Å². The van der Waals surface area contributed by atoms with Gasteiger partial charge in [-0.2, -0.15) is 17.4 Å². The summed E-state index contributed by atoms with van der Waals surface area (Å²) >= 11 is 0. The first-order valence-corrected chi connectivity index (χ1v) is 17.2. The van der Waals surface area contributed by atoms with Gasteiger partial charge in [-0.15, -0.1) is 0 Å². The van der Waals surface area contributed by atoms with E-state index in [1.54, 1.807) is 0 Å². The van der Waals surface area contributed by atoms with E-state index in [2.05, 4.69) is 76.6 Å². The molecule has 0 atom stereocenters. The van der Waals surface area contributed by atoms with Crippen molar-refractivity contribution >= 4 is 10.2 Å². The van der Waals surface area contributed by atoms with Crippen molar-refractivity contribution in [3.63, 3.8) is 0 Å². The molecule has 0 fully saturated rings. The fourth-order valence-electron chi connectivity index (χ4n) is 5.43. The number of fused-ring (bicyclic) bond motifs is 1. The Kier molecular flexibility index (Phi) is 10.9. The molecule has 1 N–H and O–H groups in total. The maximum absolute atomic E-state index is 12.2. The average Bonchev–Trinajstić information content (AvgIpc) is 3.66. The number of rotatable bonds is 16. The minimum absolute atomic E-state index is 0.216. The van der Waals surface area contributed by atoms with Gasteiger partial charge in [-0.1, -0.05) is 87.4 Å². The second-order valence-electron chi connectivity index (χ2n) is 11.7. The first-order valence-electron chi connectivity index (χ1n) is 15.8. The zero-order chi connectivity index (χ0) is 31.8. The molecule has 1 aliphatic heterocycles. The molecule has 0 spiro atoms. The number of hydrogen-bond donors (Lipinski definition) is 1. The van der Waals surface area contributed by atoms with E-state index >= 15 is 0 Å². The first kappa shape index (κ1) is 32.7. The second kappa shape index (κ2) is 15.1. The summed E-state index contributed by atoms with van der Waals surface area (Å²) in [6.45, 7) is 8.26. The van der Waals surface area contributed by atoms with E-state index < -0.39 is 10.2 Å². The van der Waals surface area contributed by atoms with E-state index in [1.807, 2.05) is 24.3 Å². The highest BCUT2D eigenvalue weighted by atomic mass is 32.2. The van der Waals surface area contributed by atoms with Crippen molar-refractivity contribution in [2.24, 2.45) is 0 Å². The minimum atomic E-state index is -3.51. The third kappa shape index (κ3) is 8.12. The van der Waals surface area contributed by atoms with Crippen molar-refractivity contribution in [1.29, 1.82) is 0 Å². The van der Waals surface area contributed by atoms with E-state index in [0.717, 1.165) is 91.6 Å². The normalized spacial score (nSPS) is 12.8. The number of unbranched alkanes of at least 4 members (excludes halogenated alkanes) is 2. The van der Waals surface area contributed by atoms with Gasteiger partial charge in [-0.25, -0.2) is 4.98 Å². The summed E-state index contributed by atoms with van der Waals surface area (Å²) in [5.74, 6) is 2.57. The predicted molar refractivity (Wildman–Crippen MR) is 179 cm³/mol. The zero-order valence-corrected chi connectivity index (χ0v) is 27.6. The molecule has 1 aromatic heterocycles. The number of benzene rings is 3. The molecule has 9 nitrogen and oxygen atoms in total. The molecule has 0 unspecified atom stereocenters. The van der Waals surface area contributed by atoms with Crippen molar-refractivity contribution in [3.05, 3.63) is 89.6 Å². The first-order chi connectivity index (χ1) is 21.8. The molecule has 1 aliphatic rings. The largest absolute Gasteiger partial charge is 0.454 e. The minimum Gasteiger partial charge on any atom is -0.454 e. The van der Waals surface area contributed by atoms with Crippen LogP contribution in [0.4, 0.5) is 0 Å². The van der Waals surface area contributed by atoms with Gasteiger partial charge in [0.05, 0.1) is 11.4 Å². The Morgan fingerprint density at radius 1 is 0.844 bits per heavy atom. The van der Waals surface area contributed by atoms with Gasteiger partial charge >= 0.3 is 0 Å². The molecule has 10 heteroatoms. The number of hydrogen-bond acceptors (Lipinski definition) is 6.